The van der Waals surface area contributed by atoms with E-state index < -0.39 is 29.6 Å². The van der Waals surface area contributed by atoms with Gasteiger partial charge in [-0.15, -0.1) is 0 Å². The third-order valence-electron chi connectivity index (χ3n) is 2.67. The van der Waals surface area contributed by atoms with Gasteiger partial charge in [0.1, 0.15) is 5.82 Å². The Morgan fingerprint density at radius 2 is 2.00 bits per heavy atom. The molecule has 1 atom stereocenters. The van der Waals surface area contributed by atoms with Gasteiger partial charge in [0.15, 0.2) is 0 Å². The number of hydrogen-bond donors (Lipinski definition) is 1. The summed E-state index contributed by atoms with van der Waals surface area (Å²) in [6, 6.07) is 1.94. The Balaban J connectivity index is 2.34. The van der Waals surface area contributed by atoms with Gasteiger partial charge in [0.2, 0.25) is 5.91 Å². The van der Waals surface area contributed by atoms with Crippen molar-refractivity contribution < 1.29 is 27.5 Å². The highest BCUT2D eigenvalue weighted by Gasteiger charge is 2.34. The first-order chi connectivity index (χ1) is 8.29. The lowest BCUT2D eigenvalue weighted by Crippen LogP contribution is -2.26. The van der Waals surface area contributed by atoms with Crippen LogP contribution in [-0.2, 0) is 11.0 Å². The maximum absolute atomic E-state index is 13.6. The smallest absolute Gasteiger partial charge is 0.391 e. The summed E-state index contributed by atoms with van der Waals surface area (Å²) in [5, 5.41) is 9.24. The van der Waals surface area contributed by atoms with Crippen LogP contribution >= 0.6 is 0 Å². The minimum atomic E-state index is -4.63. The van der Waals surface area contributed by atoms with Crippen molar-refractivity contribution >= 4 is 11.6 Å². The number of amides is 1. The number of carbonyl (C=O) groups excluding carboxylic acids is 1. The third-order valence-corrected chi connectivity index (χ3v) is 2.67. The van der Waals surface area contributed by atoms with E-state index in [9.17, 15) is 27.5 Å². The van der Waals surface area contributed by atoms with Gasteiger partial charge in [-0.3, -0.25) is 4.79 Å². The van der Waals surface area contributed by atoms with E-state index in [1.165, 1.54) is 0 Å². The molecule has 0 saturated carbocycles. The number of anilines is 1. The predicted octanol–water partition coefficient (Wildman–Crippen LogP) is 1.94. The number of aliphatic hydroxyl groups excluding tert-OH is 1. The summed E-state index contributed by atoms with van der Waals surface area (Å²) in [6.45, 7) is -0.110. The molecule has 1 aromatic carbocycles. The Kier molecular flexibility index (Phi) is 3.02. The van der Waals surface area contributed by atoms with Crippen LogP contribution in [0.25, 0.3) is 0 Å². The number of carbonyl (C=O) groups is 1. The zero-order chi connectivity index (χ0) is 13.5. The van der Waals surface area contributed by atoms with Crippen molar-refractivity contribution in [3.05, 3.63) is 29.6 Å². The molecule has 18 heavy (non-hydrogen) atoms. The summed E-state index contributed by atoms with van der Waals surface area (Å²) >= 11 is 0. The van der Waals surface area contributed by atoms with Gasteiger partial charge in [-0.1, -0.05) is 0 Å². The van der Waals surface area contributed by atoms with Crippen molar-refractivity contribution in [2.45, 2.75) is 18.7 Å². The molecule has 2 rings (SSSR count). The van der Waals surface area contributed by atoms with Crippen LogP contribution < -0.4 is 4.90 Å². The maximum atomic E-state index is 13.6. The Hall–Kier alpha value is -1.63. The van der Waals surface area contributed by atoms with Crippen LogP contribution in [0.15, 0.2) is 18.2 Å². The maximum Gasteiger partial charge on any atom is 0.416 e. The fourth-order valence-corrected chi connectivity index (χ4v) is 1.82. The molecule has 1 aromatic rings. The van der Waals surface area contributed by atoms with Gasteiger partial charge in [0, 0.05) is 0 Å². The number of nitrogens with zero attached hydrogens (tertiary/aromatic N) is 1. The molecular weight excluding hydrogens is 254 g/mol. The van der Waals surface area contributed by atoms with Gasteiger partial charge in [0.05, 0.1) is 30.3 Å². The summed E-state index contributed by atoms with van der Waals surface area (Å²) in [5.74, 6) is -1.64. The van der Waals surface area contributed by atoms with Crippen LogP contribution in [0.1, 0.15) is 12.0 Å². The Labute approximate surface area is 99.6 Å². The molecule has 1 heterocycles. The first-order valence-electron chi connectivity index (χ1n) is 5.14. The molecule has 7 heteroatoms. The van der Waals surface area contributed by atoms with Crippen LogP contribution in [0.4, 0.5) is 23.2 Å². The number of alkyl halides is 3. The third kappa shape index (κ3) is 2.31. The van der Waals surface area contributed by atoms with Crippen molar-refractivity contribution in [2.75, 3.05) is 11.4 Å². The predicted molar refractivity (Wildman–Crippen MR) is 54.4 cm³/mol. The number of benzene rings is 1. The lowest BCUT2D eigenvalue weighted by atomic mass is 10.2. The molecule has 1 aliphatic rings. The van der Waals surface area contributed by atoms with Crippen LogP contribution in [0.5, 0.6) is 0 Å². The molecule has 1 N–H and O–H groups in total. The highest BCUT2D eigenvalue weighted by molar-refractivity contribution is 5.96. The van der Waals surface area contributed by atoms with Gasteiger partial charge in [-0.2, -0.15) is 13.2 Å². The highest BCUT2D eigenvalue weighted by atomic mass is 19.4. The van der Waals surface area contributed by atoms with E-state index in [0.29, 0.717) is 12.1 Å². The van der Waals surface area contributed by atoms with Crippen LogP contribution in [0.2, 0.25) is 0 Å². The summed E-state index contributed by atoms with van der Waals surface area (Å²) in [5.41, 5.74) is -1.36. The summed E-state index contributed by atoms with van der Waals surface area (Å²) in [7, 11) is 0. The Morgan fingerprint density at radius 3 is 2.44 bits per heavy atom. The van der Waals surface area contributed by atoms with Gasteiger partial charge in [-0.25, -0.2) is 4.39 Å². The molecule has 1 fully saturated rings. The van der Waals surface area contributed by atoms with E-state index in [-0.39, 0.29) is 18.7 Å². The van der Waals surface area contributed by atoms with Crippen LogP contribution in [-0.4, -0.2) is 23.7 Å². The van der Waals surface area contributed by atoms with Crippen LogP contribution in [0, 0.1) is 5.82 Å². The molecule has 3 nitrogen and oxygen atoms in total. The Bertz CT molecular complexity index is 486. The highest BCUT2D eigenvalue weighted by Crippen LogP contribution is 2.33. The molecule has 0 aromatic heterocycles. The van der Waals surface area contributed by atoms with E-state index in [0.717, 1.165) is 11.0 Å². The molecule has 1 unspecified atom stereocenters. The average Bonchev–Trinajstić information content (AvgIpc) is 2.56. The van der Waals surface area contributed by atoms with Crippen molar-refractivity contribution in [2.24, 2.45) is 0 Å². The van der Waals surface area contributed by atoms with Gasteiger partial charge in [-0.05, 0) is 18.2 Å². The molecule has 98 valence electrons. The molecular formula is C11H9F4NO2. The molecule has 1 amide bonds. The van der Waals surface area contributed by atoms with Gasteiger partial charge < -0.3 is 10.0 Å². The SMILES string of the molecule is O=C1CC(O)CN1c1ccc(C(F)(F)F)cc1F. The van der Waals surface area contributed by atoms with Crippen molar-refractivity contribution in [3.8, 4) is 0 Å². The van der Waals surface area contributed by atoms with Gasteiger partial charge in [0.25, 0.3) is 0 Å². The average molecular weight is 263 g/mol. The number of halogens is 4. The molecule has 0 aliphatic carbocycles. The monoisotopic (exact) mass is 263 g/mol. The second-order valence-corrected chi connectivity index (χ2v) is 4.03. The first-order valence-corrected chi connectivity index (χ1v) is 5.14. The van der Waals surface area contributed by atoms with E-state index in [1.54, 1.807) is 0 Å². The zero-order valence-corrected chi connectivity index (χ0v) is 9.04. The summed E-state index contributed by atoms with van der Waals surface area (Å²) in [6.07, 6.45) is -5.70. The number of β-amino-alcohol motifs (C(OH)–C–C–N with tert-alkyl or cyclic N) is 1. The number of rotatable bonds is 1. The first kappa shape index (κ1) is 12.8. The topological polar surface area (TPSA) is 40.5 Å². The standard InChI is InChI=1S/C11H9F4NO2/c12-8-3-6(11(13,14)15)1-2-9(8)16-5-7(17)4-10(16)18/h1-3,7,17H,4-5H2. The second kappa shape index (κ2) is 4.24. The second-order valence-electron chi connectivity index (χ2n) is 4.03. The number of hydrogen-bond acceptors (Lipinski definition) is 2. The normalized spacial score (nSPS) is 20.6. The quantitative estimate of drug-likeness (QED) is 0.787. The van der Waals surface area contributed by atoms with Gasteiger partial charge >= 0.3 is 6.18 Å². The molecule has 0 spiro atoms. The van der Waals surface area contributed by atoms with Crippen LogP contribution in [0.3, 0.4) is 0 Å². The summed E-state index contributed by atoms with van der Waals surface area (Å²) in [4.78, 5) is 12.3. The molecule has 1 saturated heterocycles. The van der Waals surface area contributed by atoms with Crippen molar-refractivity contribution in [3.63, 3.8) is 0 Å². The number of aliphatic hydroxyl groups is 1. The zero-order valence-electron chi connectivity index (χ0n) is 9.04. The fourth-order valence-electron chi connectivity index (χ4n) is 1.82. The van der Waals surface area contributed by atoms with E-state index >= 15 is 0 Å². The molecule has 0 radical (unpaired) electrons. The largest absolute Gasteiger partial charge is 0.416 e. The minimum Gasteiger partial charge on any atom is -0.391 e. The lowest BCUT2D eigenvalue weighted by molar-refractivity contribution is -0.137. The molecule has 1 aliphatic heterocycles. The Morgan fingerprint density at radius 1 is 1.33 bits per heavy atom. The van der Waals surface area contributed by atoms with Crippen molar-refractivity contribution in [1.29, 1.82) is 0 Å². The summed E-state index contributed by atoms with van der Waals surface area (Å²) < 4.78 is 50.5. The lowest BCUT2D eigenvalue weighted by Gasteiger charge is -2.17. The van der Waals surface area contributed by atoms with E-state index in [4.69, 9.17) is 0 Å². The molecule has 0 bridgehead atoms. The minimum absolute atomic E-state index is 0.110. The van der Waals surface area contributed by atoms with E-state index in [1.807, 2.05) is 0 Å². The van der Waals surface area contributed by atoms with Crippen molar-refractivity contribution in [1.82, 2.24) is 0 Å². The van der Waals surface area contributed by atoms with E-state index in [2.05, 4.69) is 0 Å². The fraction of sp³-hybridized carbons (Fsp3) is 0.364.